The molecule has 0 aromatic carbocycles. The van der Waals surface area contributed by atoms with Gasteiger partial charge in [0.05, 0.1) is 5.88 Å². The number of aryl methyl sites for hydroxylation is 2. The molecule has 3 nitrogen and oxygen atoms in total. The average Bonchev–Trinajstić information content (AvgIpc) is 2.65. The molecule has 2 aromatic rings. The lowest BCUT2D eigenvalue weighted by Crippen LogP contribution is -2.09. The zero-order valence-electron chi connectivity index (χ0n) is 10.0. The first kappa shape index (κ1) is 14.5. The Morgan fingerprint density at radius 3 is 2.68 bits per heavy atom. The molecule has 0 unspecified atom stereocenters. The minimum absolute atomic E-state index is 0.0557. The van der Waals surface area contributed by atoms with Crippen LogP contribution in [0.4, 0.5) is 13.2 Å². The molecule has 0 saturated carbocycles. The van der Waals surface area contributed by atoms with E-state index < -0.39 is 5.51 Å². The van der Waals surface area contributed by atoms with Crippen molar-refractivity contribution in [3.63, 3.8) is 0 Å². The van der Waals surface area contributed by atoms with Gasteiger partial charge in [0, 0.05) is 18.0 Å². The van der Waals surface area contributed by atoms with Crippen LogP contribution in [0.1, 0.15) is 11.5 Å². The van der Waals surface area contributed by atoms with Crippen molar-refractivity contribution in [3.8, 4) is 0 Å². The van der Waals surface area contributed by atoms with E-state index in [1.165, 1.54) is 0 Å². The minimum Gasteiger partial charge on any atom is -0.311 e. The first-order chi connectivity index (χ1) is 8.90. The molecule has 19 heavy (non-hydrogen) atoms. The molecule has 0 fully saturated rings. The summed E-state index contributed by atoms with van der Waals surface area (Å²) in [5.74, 6) is 0.596. The summed E-state index contributed by atoms with van der Waals surface area (Å²) in [6.07, 6.45) is 0. The highest BCUT2D eigenvalue weighted by Crippen LogP contribution is 2.30. The van der Waals surface area contributed by atoms with E-state index in [4.69, 9.17) is 11.6 Å². The summed E-state index contributed by atoms with van der Waals surface area (Å²) in [6, 6.07) is 3.60. The molecule has 2 heterocycles. The van der Waals surface area contributed by atoms with Gasteiger partial charge in [0.2, 0.25) is 0 Å². The minimum atomic E-state index is -4.22. The highest BCUT2D eigenvalue weighted by Gasteiger charge is 2.27. The largest absolute Gasteiger partial charge is 0.441 e. The molecule has 0 saturated heterocycles. The summed E-state index contributed by atoms with van der Waals surface area (Å²) < 4.78 is 38.1. The van der Waals surface area contributed by atoms with E-state index in [1.807, 2.05) is 13.0 Å². The van der Waals surface area contributed by atoms with Crippen molar-refractivity contribution in [1.82, 2.24) is 14.5 Å². The summed E-state index contributed by atoms with van der Waals surface area (Å²) in [6.45, 7) is 2.00. The number of imidazole rings is 1. The van der Waals surface area contributed by atoms with Gasteiger partial charge in [-0.15, -0.1) is 11.6 Å². The Kier molecular flexibility index (Phi) is 4.25. The highest BCUT2D eigenvalue weighted by atomic mass is 35.5. The molecule has 0 radical (unpaired) electrons. The van der Waals surface area contributed by atoms with Gasteiger partial charge in [0.1, 0.15) is 11.3 Å². The van der Waals surface area contributed by atoms with Gasteiger partial charge in [-0.05, 0) is 30.8 Å². The summed E-state index contributed by atoms with van der Waals surface area (Å²) in [5, 5.41) is 0. The second-order valence-corrected chi connectivity index (χ2v) is 5.33. The molecule has 0 spiro atoms. The SMILES string of the molecule is Cc1ccc2nc(CCl)n(CCSC(F)(F)F)c2n1. The van der Waals surface area contributed by atoms with E-state index in [2.05, 4.69) is 9.97 Å². The Bertz CT molecular complexity index is 582. The van der Waals surface area contributed by atoms with Crippen molar-refractivity contribution in [2.75, 3.05) is 5.75 Å². The molecule has 0 bridgehead atoms. The third kappa shape index (κ3) is 3.54. The van der Waals surface area contributed by atoms with Crippen molar-refractivity contribution in [2.24, 2.45) is 0 Å². The standard InChI is InChI=1S/C11H11ClF3N3S/c1-7-2-3-8-10(16-7)18(9(6-12)17-8)4-5-19-11(13,14)15/h2-3H,4-6H2,1H3. The third-order valence-corrected chi connectivity index (χ3v) is 3.46. The number of hydrogen-bond acceptors (Lipinski definition) is 3. The number of fused-ring (bicyclic) bond motifs is 1. The van der Waals surface area contributed by atoms with Gasteiger partial charge in [-0.25, -0.2) is 9.97 Å². The van der Waals surface area contributed by atoms with Crippen LogP contribution in [0.15, 0.2) is 12.1 Å². The Morgan fingerprint density at radius 1 is 1.32 bits per heavy atom. The molecule has 0 atom stereocenters. The van der Waals surface area contributed by atoms with E-state index in [-0.39, 0.29) is 29.9 Å². The van der Waals surface area contributed by atoms with Crippen LogP contribution >= 0.6 is 23.4 Å². The van der Waals surface area contributed by atoms with Crippen LogP contribution in [0.5, 0.6) is 0 Å². The van der Waals surface area contributed by atoms with E-state index >= 15 is 0 Å². The zero-order chi connectivity index (χ0) is 14.0. The van der Waals surface area contributed by atoms with Crippen molar-refractivity contribution in [3.05, 3.63) is 23.7 Å². The monoisotopic (exact) mass is 309 g/mol. The van der Waals surface area contributed by atoms with Gasteiger partial charge >= 0.3 is 5.51 Å². The molecule has 0 aliphatic carbocycles. The molecule has 8 heteroatoms. The molecule has 0 amide bonds. The fourth-order valence-corrected chi connectivity index (χ4v) is 2.44. The lowest BCUT2D eigenvalue weighted by molar-refractivity contribution is -0.0328. The smallest absolute Gasteiger partial charge is 0.311 e. The topological polar surface area (TPSA) is 30.7 Å². The van der Waals surface area contributed by atoms with E-state index in [1.54, 1.807) is 10.6 Å². The summed E-state index contributed by atoms with van der Waals surface area (Å²) >= 11 is 5.72. The van der Waals surface area contributed by atoms with Crippen molar-refractivity contribution in [1.29, 1.82) is 0 Å². The van der Waals surface area contributed by atoms with Crippen molar-refractivity contribution < 1.29 is 13.2 Å². The maximum absolute atomic E-state index is 12.1. The Balaban J connectivity index is 2.27. The van der Waals surface area contributed by atoms with Crippen LogP contribution in [-0.2, 0) is 12.4 Å². The Hall–Kier alpha value is -0.950. The Morgan fingerprint density at radius 2 is 2.05 bits per heavy atom. The van der Waals surface area contributed by atoms with Gasteiger partial charge in [-0.3, -0.25) is 0 Å². The van der Waals surface area contributed by atoms with E-state index in [0.29, 0.717) is 17.0 Å². The van der Waals surface area contributed by atoms with Crippen LogP contribution in [0.25, 0.3) is 11.2 Å². The molecule has 0 N–H and O–H groups in total. The van der Waals surface area contributed by atoms with Crippen LogP contribution < -0.4 is 0 Å². The van der Waals surface area contributed by atoms with Gasteiger partial charge in [-0.1, -0.05) is 0 Å². The number of pyridine rings is 1. The van der Waals surface area contributed by atoms with Gasteiger partial charge in [0.25, 0.3) is 0 Å². The first-order valence-electron chi connectivity index (χ1n) is 5.50. The fraction of sp³-hybridized carbons (Fsp3) is 0.455. The van der Waals surface area contributed by atoms with Gasteiger partial charge in [-0.2, -0.15) is 13.2 Å². The second kappa shape index (κ2) is 5.58. The highest BCUT2D eigenvalue weighted by molar-refractivity contribution is 8.00. The molecule has 0 aliphatic heterocycles. The van der Waals surface area contributed by atoms with Gasteiger partial charge in [0.15, 0.2) is 5.65 Å². The number of alkyl halides is 4. The zero-order valence-corrected chi connectivity index (χ0v) is 11.6. The van der Waals surface area contributed by atoms with Crippen molar-refractivity contribution in [2.45, 2.75) is 24.9 Å². The first-order valence-corrected chi connectivity index (χ1v) is 7.02. The lowest BCUT2D eigenvalue weighted by Gasteiger charge is -2.08. The van der Waals surface area contributed by atoms with Gasteiger partial charge < -0.3 is 4.57 Å². The molecule has 2 rings (SSSR count). The van der Waals surface area contributed by atoms with Crippen molar-refractivity contribution >= 4 is 34.5 Å². The molecular weight excluding hydrogens is 299 g/mol. The Labute approximate surface area is 117 Å². The fourth-order valence-electron chi connectivity index (χ4n) is 1.73. The summed E-state index contributed by atoms with van der Waals surface area (Å²) in [5.41, 5.74) is -2.20. The number of hydrogen-bond donors (Lipinski definition) is 0. The molecular formula is C11H11ClF3N3S. The summed E-state index contributed by atoms with van der Waals surface area (Å²) in [4.78, 5) is 8.58. The number of nitrogens with zero attached hydrogens (tertiary/aromatic N) is 3. The maximum atomic E-state index is 12.1. The third-order valence-electron chi connectivity index (χ3n) is 2.51. The van der Waals surface area contributed by atoms with Crippen LogP contribution in [0, 0.1) is 6.92 Å². The van der Waals surface area contributed by atoms with Crippen LogP contribution in [0.2, 0.25) is 0 Å². The van der Waals surface area contributed by atoms with Crippen LogP contribution in [0.3, 0.4) is 0 Å². The quantitative estimate of drug-likeness (QED) is 0.806. The molecule has 0 aliphatic rings. The normalized spacial score (nSPS) is 12.3. The van der Waals surface area contributed by atoms with E-state index in [0.717, 1.165) is 5.69 Å². The number of rotatable bonds is 4. The number of halogens is 4. The molecule has 2 aromatic heterocycles. The maximum Gasteiger partial charge on any atom is 0.441 e. The molecule has 104 valence electrons. The second-order valence-electron chi connectivity index (χ2n) is 3.90. The predicted molar refractivity (Wildman–Crippen MR) is 70.3 cm³/mol. The number of thioether (sulfide) groups is 1. The lowest BCUT2D eigenvalue weighted by atomic mass is 10.3. The van der Waals surface area contributed by atoms with Crippen LogP contribution in [-0.4, -0.2) is 25.8 Å². The number of aromatic nitrogens is 3. The van der Waals surface area contributed by atoms with E-state index in [9.17, 15) is 13.2 Å². The predicted octanol–water partition coefficient (Wildman–Crippen LogP) is 3.73. The summed E-state index contributed by atoms with van der Waals surface area (Å²) in [7, 11) is 0. The average molecular weight is 310 g/mol.